The molecule has 1 N–H and O–H groups in total. The molecule has 2 aromatic rings. The van der Waals surface area contributed by atoms with Gasteiger partial charge in [0.15, 0.2) is 0 Å². The number of alkyl halides is 3. The Morgan fingerprint density at radius 2 is 1.81 bits per heavy atom. The lowest BCUT2D eigenvalue weighted by Gasteiger charge is -2.19. The maximum absolute atomic E-state index is 12.8. The predicted molar refractivity (Wildman–Crippen MR) is 98.3 cm³/mol. The van der Waals surface area contributed by atoms with Crippen LogP contribution >= 0.6 is 11.6 Å². The highest BCUT2D eigenvalue weighted by Gasteiger charge is 2.32. The summed E-state index contributed by atoms with van der Waals surface area (Å²) in [4.78, 5) is 5.68. The van der Waals surface area contributed by atoms with Gasteiger partial charge in [-0.15, -0.1) is 0 Å². The average Bonchev–Trinajstić information content (AvgIpc) is 2.61. The van der Waals surface area contributed by atoms with Crippen molar-refractivity contribution in [3.8, 4) is 0 Å². The Morgan fingerprint density at radius 3 is 2.33 bits per heavy atom. The molecule has 0 aliphatic rings. The molecular formula is C17H19ClF3N3O2S. The number of hydrogen-bond donors (Lipinski definition) is 1. The van der Waals surface area contributed by atoms with Gasteiger partial charge >= 0.3 is 6.18 Å². The summed E-state index contributed by atoms with van der Waals surface area (Å²) in [6, 6.07) is 5.63. The summed E-state index contributed by atoms with van der Waals surface area (Å²) in [5.74, 6) is 0.757. The van der Waals surface area contributed by atoms with Crippen LogP contribution in [-0.4, -0.2) is 26.5 Å². The van der Waals surface area contributed by atoms with E-state index >= 15 is 0 Å². The van der Waals surface area contributed by atoms with Crippen LogP contribution in [0.3, 0.4) is 0 Å². The van der Waals surface area contributed by atoms with E-state index in [1.807, 2.05) is 18.7 Å². The molecular weight excluding hydrogens is 403 g/mol. The van der Waals surface area contributed by atoms with Gasteiger partial charge in [-0.1, -0.05) is 17.7 Å². The third-order valence-corrected chi connectivity index (χ3v) is 5.79. The lowest BCUT2D eigenvalue weighted by molar-refractivity contribution is -0.137. The molecule has 1 aromatic heterocycles. The fourth-order valence-electron chi connectivity index (χ4n) is 2.40. The van der Waals surface area contributed by atoms with Gasteiger partial charge in [-0.25, -0.2) is 18.1 Å². The van der Waals surface area contributed by atoms with Gasteiger partial charge in [0.2, 0.25) is 10.0 Å². The first-order valence-corrected chi connectivity index (χ1v) is 10.0. The molecule has 27 heavy (non-hydrogen) atoms. The van der Waals surface area contributed by atoms with Crippen molar-refractivity contribution < 1.29 is 21.6 Å². The minimum atomic E-state index is -4.67. The highest BCUT2D eigenvalue weighted by atomic mass is 35.5. The summed E-state index contributed by atoms with van der Waals surface area (Å²) in [6.45, 7) is 5.42. The third kappa shape index (κ3) is 5.33. The van der Waals surface area contributed by atoms with Crippen LogP contribution in [0.5, 0.6) is 0 Å². The molecule has 0 saturated carbocycles. The molecule has 1 aromatic carbocycles. The molecule has 5 nitrogen and oxygen atoms in total. The maximum atomic E-state index is 12.8. The quantitative estimate of drug-likeness (QED) is 0.731. The van der Waals surface area contributed by atoms with Crippen molar-refractivity contribution in [2.75, 3.05) is 18.0 Å². The second-order valence-corrected chi connectivity index (χ2v) is 7.81. The highest BCUT2D eigenvalue weighted by molar-refractivity contribution is 7.89. The third-order valence-electron chi connectivity index (χ3n) is 3.91. The molecule has 0 radical (unpaired) electrons. The van der Waals surface area contributed by atoms with E-state index in [-0.39, 0.29) is 11.6 Å². The molecule has 0 bridgehead atoms. The minimum absolute atomic E-state index is 0.125. The highest BCUT2D eigenvalue weighted by Crippen LogP contribution is 2.33. The number of halogens is 4. The van der Waals surface area contributed by atoms with E-state index in [2.05, 4.69) is 9.71 Å². The number of hydrogen-bond acceptors (Lipinski definition) is 4. The molecule has 10 heteroatoms. The first kappa shape index (κ1) is 21.5. The molecule has 0 atom stereocenters. The number of nitrogens with zero attached hydrogens (tertiary/aromatic N) is 2. The largest absolute Gasteiger partial charge is 0.416 e. The molecule has 1 heterocycles. The SMILES string of the molecule is CCN(CC)c1ccc(CNS(=O)(=O)c2cc(C(F)(F)F)ccc2Cl)cn1. The number of anilines is 1. The van der Waals surface area contributed by atoms with Crippen LogP contribution in [0.15, 0.2) is 41.4 Å². The number of benzene rings is 1. The van der Waals surface area contributed by atoms with Crippen molar-refractivity contribution >= 4 is 27.4 Å². The summed E-state index contributed by atoms with van der Waals surface area (Å²) in [5, 5.41) is -0.287. The Bertz CT molecular complexity index is 883. The fraction of sp³-hybridized carbons (Fsp3) is 0.353. The zero-order valence-electron chi connectivity index (χ0n) is 14.7. The Morgan fingerprint density at radius 1 is 1.15 bits per heavy atom. The smallest absolute Gasteiger partial charge is 0.357 e. The summed E-state index contributed by atoms with van der Waals surface area (Å²) in [5.41, 5.74) is -0.518. The van der Waals surface area contributed by atoms with Crippen molar-refractivity contribution in [2.24, 2.45) is 0 Å². The molecule has 2 rings (SSSR count). The Hall–Kier alpha value is -1.84. The normalized spacial score (nSPS) is 12.2. The van der Waals surface area contributed by atoms with E-state index in [1.165, 1.54) is 6.20 Å². The molecule has 0 amide bonds. The van der Waals surface area contributed by atoms with Gasteiger partial charge < -0.3 is 4.90 Å². The lowest BCUT2D eigenvalue weighted by Crippen LogP contribution is -2.25. The monoisotopic (exact) mass is 421 g/mol. The number of sulfonamides is 1. The van der Waals surface area contributed by atoms with Crippen molar-refractivity contribution in [3.05, 3.63) is 52.7 Å². The van der Waals surface area contributed by atoms with Gasteiger partial charge in [0.05, 0.1) is 10.6 Å². The van der Waals surface area contributed by atoms with E-state index in [1.54, 1.807) is 12.1 Å². The van der Waals surface area contributed by atoms with Gasteiger partial charge in [0, 0.05) is 25.8 Å². The molecule has 0 aliphatic carbocycles. The van der Waals surface area contributed by atoms with Gasteiger partial charge in [-0.2, -0.15) is 13.2 Å². The van der Waals surface area contributed by atoms with Crippen molar-refractivity contribution in [2.45, 2.75) is 31.5 Å². The first-order valence-electron chi connectivity index (χ1n) is 8.14. The van der Waals surface area contributed by atoms with E-state index in [9.17, 15) is 21.6 Å². The topological polar surface area (TPSA) is 62.3 Å². The van der Waals surface area contributed by atoms with Gasteiger partial charge in [-0.3, -0.25) is 0 Å². The van der Waals surface area contributed by atoms with Crippen LogP contribution < -0.4 is 9.62 Å². The first-order chi connectivity index (χ1) is 12.6. The van der Waals surface area contributed by atoms with Crippen LogP contribution in [0.1, 0.15) is 25.0 Å². The standard InChI is InChI=1S/C17H19ClF3N3O2S/c1-3-24(4-2)16-8-5-12(10-22-16)11-23-27(25,26)15-9-13(17(19,20)21)6-7-14(15)18/h5-10,23H,3-4,11H2,1-2H3. The van der Waals surface area contributed by atoms with Crippen LogP contribution in [-0.2, 0) is 22.7 Å². The van der Waals surface area contributed by atoms with Crippen LogP contribution in [0.25, 0.3) is 0 Å². The van der Waals surface area contributed by atoms with Crippen molar-refractivity contribution in [3.63, 3.8) is 0 Å². The van der Waals surface area contributed by atoms with Gasteiger partial charge in [0.25, 0.3) is 0 Å². The maximum Gasteiger partial charge on any atom is 0.416 e. The molecule has 148 valence electrons. The lowest BCUT2D eigenvalue weighted by atomic mass is 10.2. The molecule has 0 aliphatic heterocycles. The summed E-state index contributed by atoms with van der Waals surface area (Å²) in [7, 11) is -4.23. The minimum Gasteiger partial charge on any atom is -0.357 e. The number of pyridine rings is 1. The molecule has 0 saturated heterocycles. The zero-order chi connectivity index (χ0) is 20.2. The number of rotatable bonds is 7. The van der Waals surface area contributed by atoms with Crippen LogP contribution in [0.2, 0.25) is 5.02 Å². The summed E-state index contributed by atoms with van der Waals surface area (Å²) >= 11 is 5.80. The molecule has 0 unspecified atom stereocenters. The van der Waals surface area contributed by atoms with E-state index < -0.39 is 26.7 Å². The van der Waals surface area contributed by atoms with Crippen LogP contribution in [0.4, 0.5) is 19.0 Å². The molecule has 0 fully saturated rings. The Kier molecular flexibility index (Phi) is 6.72. The van der Waals surface area contributed by atoms with E-state index in [0.717, 1.165) is 31.0 Å². The van der Waals surface area contributed by atoms with Crippen molar-refractivity contribution in [1.82, 2.24) is 9.71 Å². The Balaban J connectivity index is 2.18. The van der Waals surface area contributed by atoms with Crippen molar-refractivity contribution in [1.29, 1.82) is 0 Å². The predicted octanol–water partition coefficient (Wildman–Crippen LogP) is 4.08. The number of nitrogens with one attached hydrogen (secondary N) is 1. The second-order valence-electron chi connectivity index (χ2n) is 5.66. The molecule has 0 spiro atoms. The Labute approximate surface area is 161 Å². The average molecular weight is 422 g/mol. The van der Waals surface area contributed by atoms with E-state index in [4.69, 9.17) is 11.6 Å². The van der Waals surface area contributed by atoms with Crippen LogP contribution in [0, 0.1) is 0 Å². The van der Waals surface area contributed by atoms with E-state index in [0.29, 0.717) is 11.6 Å². The zero-order valence-corrected chi connectivity index (χ0v) is 16.3. The van der Waals surface area contributed by atoms with Gasteiger partial charge in [-0.05, 0) is 43.7 Å². The summed E-state index contributed by atoms with van der Waals surface area (Å²) in [6.07, 6.45) is -3.15. The fourth-order valence-corrected chi connectivity index (χ4v) is 3.94. The van der Waals surface area contributed by atoms with Gasteiger partial charge in [0.1, 0.15) is 10.7 Å². The second kappa shape index (κ2) is 8.45. The number of aromatic nitrogens is 1. The summed E-state index contributed by atoms with van der Waals surface area (Å²) < 4.78 is 65.5.